The largest absolute Gasteiger partial charge is 0.489 e. The number of methoxy groups -OCH3 is 1. The van der Waals surface area contributed by atoms with Gasteiger partial charge in [0.15, 0.2) is 0 Å². The highest BCUT2D eigenvalue weighted by Crippen LogP contribution is 2.11. The van der Waals surface area contributed by atoms with Gasteiger partial charge in [-0.15, -0.1) is 0 Å². The van der Waals surface area contributed by atoms with Crippen LogP contribution in [0.2, 0.25) is 0 Å². The SMILES string of the molecule is COC(=O)c1ccc(Cn2ccc(OCc3ccccc3)cc2=O)cc1. The molecule has 0 atom stereocenters. The molecule has 3 rings (SSSR count). The lowest BCUT2D eigenvalue weighted by Gasteiger charge is -2.09. The standard InChI is InChI=1S/C21H19NO4/c1-25-21(24)18-9-7-16(8-10-18)14-22-12-11-19(13-20(22)23)26-15-17-5-3-2-4-6-17/h2-13H,14-15H2,1H3. The van der Waals surface area contributed by atoms with E-state index in [9.17, 15) is 9.59 Å². The van der Waals surface area contributed by atoms with Gasteiger partial charge in [-0.2, -0.15) is 0 Å². The third-order valence-corrected chi connectivity index (χ3v) is 3.94. The zero-order valence-corrected chi connectivity index (χ0v) is 14.4. The zero-order valence-electron chi connectivity index (χ0n) is 14.4. The van der Waals surface area contributed by atoms with Crippen molar-refractivity contribution in [2.24, 2.45) is 0 Å². The molecule has 0 aliphatic carbocycles. The van der Waals surface area contributed by atoms with Crippen LogP contribution in [0.4, 0.5) is 0 Å². The highest BCUT2D eigenvalue weighted by molar-refractivity contribution is 5.89. The number of nitrogens with zero attached hydrogens (tertiary/aromatic N) is 1. The van der Waals surface area contributed by atoms with E-state index in [1.165, 1.54) is 13.2 Å². The van der Waals surface area contributed by atoms with E-state index in [0.717, 1.165) is 11.1 Å². The number of esters is 1. The summed E-state index contributed by atoms with van der Waals surface area (Å²) in [6, 6.07) is 20.0. The second kappa shape index (κ2) is 8.16. The normalized spacial score (nSPS) is 10.3. The summed E-state index contributed by atoms with van der Waals surface area (Å²) in [6.07, 6.45) is 1.71. The molecule has 0 bridgehead atoms. The third-order valence-electron chi connectivity index (χ3n) is 3.94. The average molecular weight is 349 g/mol. The fraction of sp³-hybridized carbons (Fsp3) is 0.143. The number of rotatable bonds is 6. The first-order valence-corrected chi connectivity index (χ1v) is 8.20. The van der Waals surface area contributed by atoms with Gasteiger partial charge in [-0.25, -0.2) is 4.79 Å². The minimum Gasteiger partial charge on any atom is -0.489 e. The molecule has 3 aromatic rings. The molecule has 0 spiro atoms. The number of pyridine rings is 1. The van der Waals surface area contributed by atoms with Crippen LogP contribution in [0.5, 0.6) is 5.75 Å². The number of hydrogen-bond acceptors (Lipinski definition) is 4. The molecule has 0 aliphatic heterocycles. The van der Waals surface area contributed by atoms with Gasteiger partial charge in [-0.3, -0.25) is 4.79 Å². The van der Waals surface area contributed by atoms with Crippen molar-refractivity contribution in [2.45, 2.75) is 13.2 Å². The number of carbonyl (C=O) groups is 1. The van der Waals surface area contributed by atoms with Gasteiger partial charge in [0.1, 0.15) is 12.4 Å². The summed E-state index contributed by atoms with van der Waals surface area (Å²) in [5.74, 6) is 0.157. The van der Waals surface area contributed by atoms with E-state index in [0.29, 0.717) is 24.5 Å². The first kappa shape index (κ1) is 17.5. The van der Waals surface area contributed by atoms with Crippen molar-refractivity contribution in [2.75, 3.05) is 7.11 Å². The minimum absolute atomic E-state index is 0.146. The molecule has 0 radical (unpaired) electrons. The maximum Gasteiger partial charge on any atom is 0.337 e. The summed E-state index contributed by atoms with van der Waals surface area (Å²) in [4.78, 5) is 23.7. The smallest absolute Gasteiger partial charge is 0.337 e. The van der Waals surface area contributed by atoms with Crippen molar-refractivity contribution < 1.29 is 14.3 Å². The van der Waals surface area contributed by atoms with E-state index in [4.69, 9.17) is 4.74 Å². The number of benzene rings is 2. The quantitative estimate of drug-likeness (QED) is 0.641. The zero-order chi connectivity index (χ0) is 18.4. The van der Waals surface area contributed by atoms with Gasteiger partial charge >= 0.3 is 5.97 Å². The van der Waals surface area contributed by atoms with Gasteiger partial charge in [0.05, 0.1) is 19.2 Å². The number of ether oxygens (including phenoxy) is 2. The van der Waals surface area contributed by atoms with E-state index in [-0.39, 0.29) is 11.5 Å². The van der Waals surface area contributed by atoms with Gasteiger partial charge in [-0.1, -0.05) is 42.5 Å². The van der Waals surface area contributed by atoms with Crippen molar-refractivity contribution >= 4 is 5.97 Å². The molecule has 0 aliphatic rings. The molecule has 5 nitrogen and oxygen atoms in total. The van der Waals surface area contributed by atoms with Crippen LogP contribution < -0.4 is 10.3 Å². The van der Waals surface area contributed by atoms with E-state index in [1.807, 2.05) is 30.3 Å². The molecule has 0 unspecified atom stereocenters. The molecule has 2 aromatic carbocycles. The predicted molar refractivity (Wildman–Crippen MR) is 98.4 cm³/mol. The maximum atomic E-state index is 12.3. The fourth-order valence-corrected chi connectivity index (χ4v) is 2.51. The van der Waals surface area contributed by atoms with Crippen molar-refractivity contribution in [3.8, 4) is 5.75 Å². The summed E-state index contributed by atoms with van der Waals surface area (Å²) in [5, 5.41) is 0. The van der Waals surface area contributed by atoms with Gasteiger partial charge < -0.3 is 14.0 Å². The Morgan fingerprint density at radius 3 is 2.35 bits per heavy atom. The van der Waals surface area contributed by atoms with Crippen molar-refractivity contribution in [1.29, 1.82) is 0 Å². The Bertz CT molecular complexity index is 930. The summed E-state index contributed by atoms with van der Waals surface area (Å²) >= 11 is 0. The van der Waals surface area contributed by atoms with Crippen LogP contribution in [0.1, 0.15) is 21.5 Å². The molecule has 1 aromatic heterocycles. The van der Waals surface area contributed by atoms with Crippen LogP contribution in [0.25, 0.3) is 0 Å². The van der Waals surface area contributed by atoms with Crippen LogP contribution in [-0.4, -0.2) is 17.6 Å². The molecular weight excluding hydrogens is 330 g/mol. The Morgan fingerprint density at radius 1 is 0.962 bits per heavy atom. The second-order valence-electron chi connectivity index (χ2n) is 5.79. The Balaban J connectivity index is 1.66. The lowest BCUT2D eigenvalue weighted by Crippen LogP contribution is -2.19. The number of hydrogen-bond donors (Lipinski definition) is 0. The van der Waals surface area contributed by atoms with Gasteiger partial charge in [0.2, 0.25) is 0 Å². The lowest BCUT2D eigenvalue weighted by molar-refractivity contribution is 0.0600. The van der Waals surface area contributed by atoms with Crippen molar-refractivity contribution in [1.82, 2.24) is 4.57 Å². The number of carbonyl (C=O) groups excluding carboxylic acids is 1. The molecule has 132 valence electrons. The first-order chi connectivity index (χ1) is 12.7. The molecule has 0 fully saturated rings. The lowest BCUT2D eigenvalue weighted by atomic mass is 10.1. The predicted octanol–water partition coefficient (Wildman–Crippen LogP) is 3.26. The van der Waals surface area contributed by atoms with Crippen LogP contribution in [-0.2, 0) is 17.9 Å². The molecule has 0 N–H and O–H groups in total. The Hall–Kier alpha value is -3.34. The van der Waals surface area contributed by atoms with Gasteiger partial charge in [0, 0.05) is 12.3 Å². The van der Waals surface area contributed by atoms with E-state index >= 15 is 0 Å². The maximum absolute atomic E-state index is 12.3. The van der Waals surface area contributed by atoms with Gasteiger partial charge in [0.25, 0.3) is 5.56 Å². The van der Waals surface area contributed by atoms with Crippen molar-refractivity contribution in [3.05, 3.63) is 100.0 Å². The van der Waals surface area contributed by atoms with Crippen LogP contribution in [0, 0.1) is 0 Å². The summed E-state index contributed by atoms with van der Waals surface area (Å²) in [6.45, 7) is 0.832. The van der Waals surface area contributed by atoms with Gasteiger partial charge in [-0.05, 0) is 29.3 Å². The van der Waals surface area contributed by atoms with Crippen LogP contribution in [0.15, 0.2) is 77.7 Å². The van der Waals surface area contributed by atoms with E-state index in [2.05, 4.69) is 4.74 Å². The Labute approximate surface area is 151 Å². The van der Waals surface area contributed by atoms with E-state index in [1.54, 1.807) is 41.1 Å². The van der Waals surface area contributed by atoms with Crippen LogP contribution >= 0.6 is 0 Å². The molecule has 0 amide bonds. The third kappa shape index (κ3) is 4.39. The topological polar surface area (TPSA) is 57.5 Å². The molecule has 0 saturated carbocycles. The molecular formula is C21H19NO4. The average Bonchev–Trinajstić information content (AvgIpc) is 2.69. The second-order valence-corrected chi connectivity index (χ2v) is 5.79. The highest BCUT2D eigenvalue weighted by atomic mass is 16.5. The summed E-state index contributed by atoms with van der Waals surface area (Å²) in [7, 11) is 1.34. The Morgan fingerprint density at radius 2 is 1.69 bits per heavy atom. The number of aromatic nitrogens is 1. The highest BCUT2D eigenvalue weighted by Gasteiger charge is 2.06. The minimum atomic E-state index is -0.381. The molecule has 0 saturated heterocycles. The van der Waals surface area contributed by atoms with Crippen LogP contribution in [0.3, 0.4) is 0 Å². The van der Waals surface area contributed by atoms with E-state index < -0.39 is 0 Å². The molecule has 1 heterocycles. The molecule has 5 heteroatoms. The first-order valence-electron chi connectivity index (χ1n) is 8.20. The monoisotopic (exact) mass is 349 g/mol. The fourth-order valence-electron chi connectivity index (χ4n) is 2.51. The summed E-state index contributed by atoms with van der Waals surface area (Å²) in [5.41, 5.74) is 2.29. The molecule has 26 heavy (non-hydrogen) atoms. The summed E-state index contributed by atoms with van der Waals surface area (Å²) < 4.78 is 11.9. The Kier molecular flexibility index (Phi) is 5.49. The van der Waals surface area contributed by atoms with Crippen molar-refractivity contribution in [3.63, 3.8) is 0 Å².